The van der Waals surface area contributed by atoms with E-state index in [1.54, 1.807) is 4.90 Å². The lowest BCUT2D eigenvalue weighted by molar-refractivity contribution is -0.127. The van der Waals surface area contributed by atoms with Crippen molar-refractivity contribution < 1.29 is 9.59 Å². The third kappa shape index (κ3) is 7.70. The third-order valence-electron chi connectivity index (χ3n) is 3.96. The van der Waals surface area contributed by atoms with E-state index in [1.807, 2.05) is 0 Å². The average Bonchev–Trinajstić information content (AvgIpc) is 2.84. The summed E-state index contributed by atoms with van der Waals surface area (Å²) in [5.74, 6) is 1.15. The van der Waals surface area contributed by atoms with Crippen LogP contribution in [0.25, 0.3) is 0 Å². The highest BCUT2D eigenvalue weighted by atomic mass is 32.1. The molecule has 4 heteroatoms. The number of hydrogen-bond donors (Lipinski definition) is 0. The van der Waals surface area contributed by atoms with Crippen molar-refractivity contribution in [3.63, 3.8) is 0 Å². The van der Waals surface area contributed by atoms with Crippen LogP contribution < -0.4 is 0 Å². The maximum atomic E-state index is 11.9. The van der Waals surface area contributed by atoms with E-state index < -0.39 is 0 Å². The summed E-state index contributed by atoms with van der Waals surface area (Å²) in [7, 11) is 0. The van der Waals surface area contributed by atoms with Gasteiger partial charge in [-0.1, -0.05) is 45.3 Å². The third-order valence-corrected chi connectivity index (χ3v) is 4.38. The molecule has 1 rings (SSSR count). The number of Topliss-reactive ketones (excluding diaryl/α,β-unsaturated/α-hetero) is 1. The van der Waals surface area contributed by atoms with Crippen molar-refractivity contribution >= 4 is 28.9 Å². The number of carbonyl (C=O) groups is 2. The highest BCUT2D eigenvalue weighted by molar-refractivity contribution is 7.80. The van der Waals surface area contributed by atoms with Crippen LogP contribution in [0.5, 0.6) is 0 Å². The molecule has 1 heterocycles. The Kier molecular flexibility index (Phi) is 8.74. The van der Waals surface area contributed by atoms with E-state index in [1.165, 1.54) is 12.8 Å². The van der Waals surface area contributed by atoms with Crippen LogP contribution in [0, 0.1) is 5.92 Å². The van der Waals surface area contributed by atoms with Gasteiger partial charge in [0.2, 0.25) is 5.91 Å². The van der Waals surface area contributed by atoms with Crippen LogP contribution in [0.1, 0.15) is 78.1 Å². The molecular weight excluding hydrogens is 282 g/mol. The van der Waals surface area contributed by atoms with Crippen LogP contribution in [0.2, 0.25) is 0 Å². The van der Waals surface area contributed by atoms with Gasteiger partial charge in [0, 0.05) is 32.2 Å². The monoisotopic (exact) mass is 311 g/mol. The summed E-state index contributed by atoms with van der Waals surface area (Å²) >= 11 is 5.16. The predicted molar refractivity (Wildman–Crippen MR) is 90.3 cm³/mol. The Morgan fingerprint density at radius 2 is 1.81 bits per heavy atom. The Hall–Kier alpha value is -0.770. The first kappa shape index (κ1) is 18.3. The first-order valence-electron chi connectivity index (χ1n) is 8.35. The molecule has 0 saturated carbocycles. The lowest BCUT2D eigenvalue weighted by atomic mass is 10.0. The van der Waals surface area contributed by atoms with Crippen molar-refractivity contribution in [3.05, 3.63) is 0 Å². The number of thiocarbonyl (C=S) groups is 1. The van der Waals surface area contributed by atoms with Crippen molar-refractivity contribution in [1.82, 2.24) is 4.90 Å². The fraction of sp³-hybridized carbons (Fsp3) is 0.824. The SMILES string of the molecule is CC(C)CCCCCC(=O)CCCC(=O)N1CCCC1=S. The maximum absolute atomic E-state index is 11.9. The minimum Gasteiger partial charge on any atom is -0.307 e. The fourth-order valence-corrected chi connectivity index (χ4v) is 3.00. The Morgan fingerprint density at radius 1 is 1.10 bits per heavy atom. The Labute approximate surface area is 134 Å². The van der Waals surface area contributed by atoms with Gasteiger partial charge in [0.1, 0.15) is 5.78 Å². The molecule has 1 fully saturated rings. The molecule has 0 aromatic rings. The molecule has 0 unspecified atom stereocenters. The number of likely N-dealkylation sites (tertiary alicyclic amines) is 1. The number of rotatable bonds is 10. The van der Waals surface area contributed by atoms with Crippen molar-refractivity contribution in [2.75, 3.05) is 6.54 Å². The van der Waals surface area contributed by atoms with Gasteiger partial charge in [0.15, 0.2) is 0 Å². The van der Waals surface area contributed by atoms with Crippen LogP contribution >= 0.6 is 12.2 Å². The molecular formula is C17H29NO2S. The normalized spacial score (nSPS) is 15.0. The molecule has 3 nitrogen and oxygen atoms in total. The Bertz CT molecular complexity index is 366. The summed E-state index contributed by atoms with van der Waals surface area (Å²) in [6.07, 6.45) is 8.79. The lowest BCUT2D eigenvalue weighted by Gasteiger charge is -2.15. The second kappa shape index (κ2) is 10.0. The van der Waals surface area contributed by atoms with Crippen molar-refractivity contribution in [3.8, 4) is 0 Å². The minimum atomic E-state index is 0.0993. The molecule has 0 N–H and O–H groups in total. The summed E-state index contributed by atoms with van der Waals surface area (Å²) in [4.78, 5) is 26.2. The van der Waals surface area contributed by atoms with Gasteiger partial charge in [-0.15, -0.1) is 0 Å². The highest BCUT2D eigenvalue weighted by Gasteiger charge is 2.22. The van der Waals surface area contributed by atoms with Crippen LogP contribution in [-0.4, -0.2) is 28.1 Å². The van der Waals surface area contributed by atoms with Crippen LogP contribution in [0.4, 0.5) is 0 Å². The molecule has 0 aromatic heterocycles. The van der Waals surface area contributed by atoms with E-state index >= 15 is 0 Å². The number of carbonyl (C=O) groups excluding carboxylic acids is 2. The molecule has 1 saturated heterocycles. The van der Waals surface area contributed by atoms with Crippen molar-refractivity contribution in [2.45, 2.75) is 78.1 Å². The van der Waals surface area contributed by atoms with Gasteiger partial charge in [0.25, 0.3) is 0 Å². The van der Waals surface area contributed by atoms with Crippen LogP contribution in [-0.2, 0) is 9.59 Å². The average molecular weight is 311 g/mol. The number of amides is 1. The summed E-state index contributed by atoms with van der Waals surface area (Å²) in [6.45, 7) is 5.23. The molecule has 0 spiro atoms. The predicted octanol–water partition coefficient (Wildman–Crippen LogP) is 4.28. The molecule has 1 amide bonds. The summed E-state index contributed by atoms with van der Waals surface area (Å²) in [6, 6.07) is 0. The van der Waals surface area contributed by atoms with E-state index in [4.69, 9.17) is 12.2 Å². The summed E-state index contributed by atoms with van der Waals surface area (Å²) in [5.41, 5.74) is 0. The first-order valence-corrected chi connectivity index (χ1v) is 8.76. The van der Waals surface area contributed by atoms with Gasteiger partial charge in [-0.2, -0.15) is 0 Å². The molecule has 0 aromatic carbocycles. The largest absolute Gasteiger partial charge is 0.307 e. The minimum absolute atomic E-state index is 0.0993. The van der Waals surface area contributed by atoms with Gasteiger partial charge in [-0.25, -0.2) is 0 Å². The zero-order valence-electron chi connectivity index (χ0n) is 13.5. The zero-order valence-corrected chi connectivity index (χ0v) is 14.3. The highest BCUT2D eigenvalue weighted by Crippen LogP contribution is 2.15. The summed E-state index contributed by atoms with van der Waals surface area (Å²) < 4.78 is 0. The van der Waals surface area contributed by atoms with Gasteiger partial charge in [-0.05, 0) is 25.2 Å². The number of nitrogens with zero attached hydrogens (tertiary/aromatic N) is 1. The molecule has 0 radical (unpaired) electrons. The molecule has 1 aliphatic heterocycles. The molecule has 1 aliphatic rings. The lowest BCUT2D eigenvalue weighted by Crippen LogP contribution is -2.30. The van der Waals surface area contributed by atoms with Gasteiger partial charge >= 0.3 is 0 Å². The zero-order chi connectivity index (χ0) is 15.7. The van der Waals surface area contributed by atoms with Gasteiger partial charge in [0.05, 0.1) is 4.99 Å². The van der Waals surface area contributed by atoms with Gasteiger partial charge < -0.3 is 4.90 Å². The van der Waals surface area contributed by atoms with Crippen molar-refractivity contribution in [2.24, 2.45) is 5.92 Å². The number of unbranched alkanes of at least 4 members (excludes halogenated alkanes) is 2. The van der Waals surface area contributed by atoms with Crippen LogP contribution in [0.3, 0.4) is 0 Å². The van der Waals surface area contributed by atoms with Crippen molar-refractivity contribution in [1.29, 1.82) is 0 Å². The first-order chi connectivity index (χ1) is 10.0. The second-order valence-corrected chi connectivity index (χ2v) is 6.90. The van der Waals surface area contributed by atoms with Gasteiger partial charge in [-0.3, -0.25) is 9.59 Å². The number of hydrogen-bond acceptors (Lipinski definition) is 3. The molecule has 120 valence electrons. The molecule has 0 aliphatic carbocycles. The number of ketones is 1. The topological polar surface area (TPSA) is 37.4 Å². The smallest absolute Gasteiger partial charge is 0.227 e. The molecule has 0 atom stereocenters. The Balaban J connectivity index is 2.02. The van der Waals surface area contributed by atoms with E-state index in [-0.39, 0.29) is 5.91 Å². The second-order valence-electron chi connectivity index (χ2n) is 6.43. The summed E-state index contributed by atoms with van der Waals surface area (Å²) in [5, 5.41) is 0. The van der Waals surface area contributed by atoms with E-state index in [0.717, 1.165) is 43.1 Å². The Morgan fingerprint density at radius 3 is 2.43 bits per heavy atom. The standard InChI is InChI=1S/C17H29NO2S/c1-14(2)8-4-3-5-9-15(19)10-6-11-16(20)18-13-7-12-17(18)21/h14H,3-13H2,1-2H3. The van der Waals surface area contributed by atoms with E-state index in [2.05, 4.69) is 13.8 Å². The van der Waals surface area contributed by atoms with E-state index in [9.17, 15) is 9.59 Å². The van der Waals surface area contributed by atoms with Crippen LogP contribution in [0.15, 0.2) is 0 Å². The van der Waals surface area contributed by atoms with E-state index in [0.29, 0.717) is 31.5 Å². The quantitative estimate of drug-likeness (QED) is 0.446. The maximum Gasteiger partial charge on any atom is 0.227 e. The fourth-order valence-electron chi connectivity index (χ4n) is 2.66. The molecule has 21 heavy (non-hydrogen) atoms. The molecule has 0 bridgehead atoms.